The lowest BCUT2D eigenvalue weighted by molar-refractivity contribution is 0.310. The van der Waals surface area contributed by atoms with Gasteiger partial charge in [-0.05, 0) is 28.1 Å². The fourth-order valence-corrected chi connectivity index (χ4v) is 2.23. The van der Waals surface area contributed by atoms with Crippen LogP contribution in [0, 0.1) is 5.82 Å². The summed E-state index contributed by atoms with van der Waals surface area (Å²) < 4.78 is 24.3. The molecule has 0 unspecified atom stereocenters. The van der Waals surface area contributed by atoms with E-state index in [1.807, 2.05) is 6.07 Å². The van der Waals surface area contributed by atoms with Gasteiger partial charge in [0.15, 0.2) is 0 Å². The Morgan fingerprint density at radius 1 is 1.42 bits per heavy atom. The van der Waals surface area contributed by atoms with E-state index in [1.165, 1.54) is 12.1 Å². The lowest BCUT2D eigenvalue weighted by atomic mass is 10.3. The van der Waals surface area contributed by atoms with Gasteiger partial charge in [-0.15, -0.1) is 0 Å². The van der Waals surface area contributed by atoms with Gasteiger partial charge in [0.1, 0.15) is 18.2 Å². The summed E-state index contributed by atoms with van der Waals surface area (Å²) in [6, 6.07) is 4.63. The Hall–Kier alpha value is -1.04. The zero-order valence-electron chi connectivity index (χ0n) is 9.96. The smallest absolute Gasteiger partial charge is 0.145 e. The Morgan fingerprint density at radius 3 is 3.00 bits per heavy atom. The van der Waals surface area contributed by atoms with Crippen LogP contribution in [0.4, 0.5) is 4.39 Å². The molecule has 2 rings (SSSR count). The van der Waals surface area contributed by atoms with Crippen LogP contribution in [0.15, 0.2) is 39.6 Å². The first-order valence-corrected chi connectivity index (χ1v) is 6.83. The van der Waals surface area contributed by atoms with Crippen molar-refractivity contribution in [2.45, 2.75) is 6.54 Å². The molecule has 1 heterocycles. The summed E-state index contributed by atoms with van der Waals surface area (Å²) in [5, 5.41) is 3.25. The van der Waals surface area contributed by atoms with Crippen molar-refractivity contribution in [3.05, 3.63) is 51.6 Å². The van der Waals surface area contributed by atoms with Crippen molar-refractivity contribution in [1.82, 2.24) is 5.32 Å². The molecular weight excluding hydrogens is 337 g/mol. The Balaban J connectivity index is 1.75. The molecule has 0 aliphatic carbocycles. The minimum Gasteiger partial charge on any atom is -0.491 e. The summed E-state index contributed by atoms with van der Waals surface area (Å²) in [6.07, 6.45) is 3.31. The lowest BCUT2D eigenvalue weighted by Gasteiger charge is -2.09. The van der Waals surface area contributed by atoms with Crippen molar-refractivity contribution < 1.29 is 13.5 Å². The van der Waals surface area contributed by atoms with Crippen LogP contribution in [0.5, 0.6) is 5.75 Å². The summed E-state index contributed by atoms with van der Waals surface area (Å²) in [7, 11) is 0. The van der Waals surface area contributed by atoms with Crippen molar-refractivity contribution >= 4 is 27.5 Å². The number of benzene rings is 1. The Morgan fingerprint density at radius 2 is 2.26 bits per heavy atom. The monoisotopic (exact) mass is 347 g/mol. The molecule has 0 bridgehead atoms. The number of hydrogen-bond donors (Lipinski definition) is 1. The molecule has 19 heavy (non-hydrogen) atoms. The summed E-state index contributed by atoms with van der Waals surface area (Å²) in [6.45, 7) is 1.77. The first-order chi connectivity index (χ1) is 9.16. The average molecular weight is 349 g/mol. The molecule has 2 aromatic rings. The van der Waals surface area contributed by atoms with Crippen molar-refractivity contribution in [3.63, 3.8) is 0 Å². The molecule has 3 nitrogen and oxygen atoms in total. The van der Waals surface area contributed by atoms with Crippen LogP contribution in [0.1, 0.15) is 5.56 Å². The first-order valence-electron chi connectivity index (χ1n) is 5.66. The predicted octanol–water partition coefficient (Wildman–Crippen LogP) is 4.00. The third-order valence-electron chi connectivity index (χ3n) is 2.42. The van der Waals surface area contributed by atoms with E-state index in [-0.39, 0.29) is 5.02 Å². The van der Waals surface area contributed by atoms with E-state index in [0.717, 1.165) is 5.56 Å². The molecule has 0 saturated heterocycles. The molecule has 1 N–H and O–H groups in total. The van der Waals surface area contributed by atoms with Crippen LogP contribution in [0.3, 0.4) is 0 Å². The molecular formula is C13H12BrClFNO2. The van der Waals surface area contributed by atoms with Gasteiger partial charge in [0.05, 0.1) is 22.0 Å². The predicted molar refractivity (Wildman–Crippen MR) is 75.0 cm³/mol. The minimum atomic E-state index is -0.494. The maximum Gasteiger partial charge on any atom is 0.145 e. The Labute approximate surface area is 123 Å². The van der Waals surface area contributed by atoms with Crippen molar-refractivity contribution in [3.8, 4) is 5.75 Å². The van der Waals surface area contributed by atoms with E-state index in [9.17, 15) is 4.39 Å². The van der Waals surface area contributed by atoms with E-state index < -0.39 is 5.82 Å². The highest BCUT2D eigenvalue weighted by Crippen LogP contribution is 2.30. The summed E-state index contributed by atoms with van der Waals surface area (Å²) in [5.74, 6) is -0.0572. The van der Waals surface area contributed by atoms with Gasteiger partial charge in [-0.1, -0.05) is 11.6 Å². The highest BCUT2D eigenvalue weighted by Gasteiger charge is 2.07. The second-order valence-electron chi connectivity index (χ2n) is 3.85. The molecule has 0 aliphatic heterocycles. The van der Waals surface area contributed by atoms with Gasteiger partial charge in [0, 0.05) is 24.7 Å². The van der Waals surface area contributed by atoms with Gasteiger partial charge in [0.25, 0.3) is 0 Å². The molecule has 0 fully saturated rings. The SMILES string of the molecule is Fc1cc(OCCNCc2ccoc2)c(Br)cc1Cl. The molecule has 0 radical (unpaired) electrons. The number of halogens is 3. The molecule has 102 valence electrons. The molecule has 0 aliphatic rings. The second kappa shape index (κ2) is 6.93. The molecule has 1 aromatic heterocycles. The van der Waals surface area contributed by atoms with Crippen LogP contribution in [0.2, 0.25) is 5.02 Å². The molecule has 0 saturated carbocycles. The highest BCUT2D eigenvalue weighted by molar-refractivity contribution is 9.10. The Kier molecular flexibility index (Phi) is 5.24. The summed E-state index contributed by atoms with van der Waals surface area (Å²) >= 11 is 8.92. The number of nitrogens with one attached hydrogen (secondary N) is 1. The number of hydrogen-bond acceptors (Lipinski definition) is 3. The first kappa shape index (κ1) is 14.4. The summed E-state index contributed by atoms with van der Waals surface area (Å²) in [5.41, 5.74) is 1.07. The fourth-order valence-electron chi connectivity index (χ4n) is 1.47. The van der Waals surface area contributed by atoms with Crippen LogP contribution in [-0.2, 0) is 6.54 Å². The van der Waals surface area contributed by atoms with Crippen molar-refractivity contribution in [2.24, 2.45) is 0 Å². The van der Waals surface area contributed by atoms with Gasteiger partial charge in [0.2, 0.25) is 0 Å². The highest BCUT2D eigenvalue weighted by atomic mass is 79.9. The third kappa shape index (κ3) is 4.23. The number of ether oxygens (including phenoxy) is 1. The van der Waals surface area contributed by atoms with Crippen LogP contribution >= 0.6 is 27.5 Å². The third-order valence-corrected chi connectivity index (χ3v) is 3.33. The lowest BCUT2D eigenvalue weighted by Crippen LogP contribution is -2.20. The Bertz CT molecular complexity index is 534. The molecule has 0 spiro atoms. The minimum absolute atomic E-state index is 0.0670. The van der Waals surface area contributed by atoms with E-state index in [4.69, 9.17) is 20.8 Å². The topological polar surface area (TPSA) is 34.4 Å². The largest absolute Gasteiger partial charge is 0.491 e. The normalized spacial score (nSPS) is 10.7. The van der Waals surface area contributed by atoms with Crippen molar-refractivity contribution in [2.75, 3.05) is 13.2 Å². The van der Waals surface area contributed by atoms with E-state index in [2.05, 4.69) is 21.2 Å². The quantitative estimate of drug-likeness (QED) is 0.633. The molecule has 0 atom stereocenters. The molecule has 6 heteroatoms. The van der Waals surface area contributed by atoms with Gasteiger partial charge < -0.3 is 14.5 Å². The maximum absolute atomic E-state index is 13.3. The average Bonchev–Trinajstić information content (AvgIpc) is 2.88. The number of rotatable bonds is 6. The van der Waals surface area contributed by atoms with Gasteiger partial charge >= 0.3 is 0 Å². The van der Waals surface area contributed by atoms with Gasteiger partial charge in [-0.25, -0.2) is 4.39 Å². The van der Waals surface area contributed by atoms with Crippen LogP contribution in [-0.4, -0.2) is 13.2 Å². The zero-order chi connectivity index (χ0) is 13.7. The second-order valence-corrected chi connectivity index (χ2v) is 5.12. The van der Waals surface area contributed by atoms with E-state index in [0.29, 0.717) is 29.9 Å². The van der Waals surface area contributed by atoms with Crippen molar-refractivity contribution in [1.29, 1.82) is 0 Å². The molecule has 0 amide bonds. The van der Waals surface area contributed by atoms with E-state index >= 15 is 0 Å². The molecule has 1 aromatic carbocycles. The van der Waals surface area contributed by atoms with Crippen LogP contribution in [0.25, 0.3) is 0 Å². The zero-order valence-corrected chi connectivity index (χ0v) is 12.3. The summed E-state index contributed by atoms with van der Waals surface area (Å²) in [4.78, 5) is 0. The fraction of sp³-hybridized carbons (Fsp3) is 0.231. The van der Waals surface area contributed by atoms with Crippen LogP contribution < -0.4 is 10.1 Å². The number of furan rings is 1. The van der Waals surface area contributed by atoms with E-state index in [1.54, 1.807) is 12.5 Å². The van der Waals surface area contributed by atoms with Gasteiger partial charge in [-0.2, -0.15) is 0 Å². The maximum atomic E-state index is 13.3. The standard InChI is InChI=1S/C13H12BrClFNO2/c14-10-5-11(15)12(16)6-13(10)19-4-2-17-7-9-1-3-18-8-9/h1,3,5-6,8,17H,2,4,7H2. The van der Waals surface area contributed by atoms with Gasteiger partial charge in [-0.3, -0.25) is 0 Å².